The van der Waals surface area contributed by atoms with Gasteiger partial charge >= 0.3 is 0 Å². The Morgan fingerprint density at radius 1 is 1.19 bits per heavy atom. The lowest BCUT2D eigenvalue weighted by Crippen LogP contribution is -2.41. The van der Waals surface area contributed by atoms with Crippen LogP contribution in [0.4, 0.5) is 0 Å². The van der Waals surface area contributed by atoms with E-state index in [2.05, 4.69) is 10.2 Å². The third kappa shape index (κ3) is 4.79. The second kappa shape index (κ2) is 10.1. The molecule has 170 valence electrons. The summed E-state index contributed by atoms with van der Waals surface area (Å²) >= 11 is 0. The Kier molecular flexibility index (Phi) is 7.07. The number of benzene rings is 2. The molecule has 3 aliphatic heterocycles. The number of hydrogen-bond acceptors (Lipinski definition) is 5. The summed E-state index contributed by atoms with van der Waals surface area (Å²) in [4.78, 5) is 23.3. The molecule has 0 unspecified atom stereocenters. The highest BCUT2D eigenvalue weighted by Crippen LogP contribution is 2.54. The summed E-state index contributed by atoms with van der Waals surface area (Å²) in [6.07, 6.45) is 2.54. The van der Waals surface area contributed by atoms with Crippen molar-refractivity contribution in [2.75, 3.05) is 32.8 Å². The summed E-state index contributed by atoms with van der Waals surface area (Å²) in [6, 6.07) is 19.4. The fraction of sp³-hybridized carbons (Fsp3) is 0.440. The third-order valence-corrected chi connectivity index (χ3v) is 6.81. The molecule has 3 aliphatic rings. The summed E-state index contributed by atoms with van der Waals surface area (Å²) < 4.78 is 12.4. The Balaban J connectivity index is 0.000000775. The van der Waals surface area contributed by atoms with Gasteiger partial charge in [-0.1, -0.05) is 36.4 Å². The van der Waals surface area contributed by atoms with Gasteiger partial charge in [-0.2, -0.15) is 0 Å². The van der Waals surface area contributed by atoms with Crippen LogP contribution in [0.2, 0.25) is 0 Å². The van der Waals surface area contributed by atoms with Crippen LogP contribution in [0.15, 0.2) is 60.7 Å². The fourth-order valence-corrected chi connectivity index (χ4v) is 5.44. The van der Waals surface area contributed by atoms with E-state index in [0.29, 0.717) is 31.1 Å². The molecule has 0 aromatic heterocycles. The summed E-state index contributed by atoms with van der Waals surface area (Å²) in [7, 11) is 0. The first-order valence-corrected chi connectivity index (χ1v) is 11.1. The average molecular weight is 439 g/mol. The Morgan fingerprint density at radius 2 is 1.88 bits per heavy atom. The van der Waals surface area contributed by atoms with Crippen LogP contribution in [0.1, 0.15) is 23.2 Å². The standard InChI is InChI=1S/C24H28N2O3.CH2O2/c27-23(18-7-3-1-4-8-18)25-15-20-21-16-26(17-24(21)12-11-22(20)29-24)13-14-28-19-9-5-2-6-10-19;2-1-3/h1-10,20-22H,11-17H2,(H,25,27);1H,(H,2,3)/t20-,21+,22+,24+;/m0./s1. The maximum atomic E-state index is 12.5. The van der Waals surface area contributed by atoms with Crippen molar-refractivity contribution >= 4 is 12.4 Å². The number of fused-ring (bicyclic) bond motifs is 1. The number of carboxylic acid groups (broad SMARTS) is 1. The maximum Gasteiger partial charge on any atom is 0.290 e. The van der Waals surface area contributed by atoms with Gasteiger partial charge in [0.1, 0.15) is 12.4 Å². The van der Waals surface area contributed by atoms with Crippen molar-refractivity contribution in [2.45, 2.75) is 24.5 Å². The molecule has 0 radical (unpaired) electrons. The number of rotatable bonds is 7. The molecular formula is C25H30N2O5. The van der Waals surface area contributed by atoms with Crippen molar-refractivity contribution in [3.05, 3.63) is 66.2 Å². The second-order valence-electron chi connectivity index (χ2n) is 8.61. The van der Waals surface area contributed by atoms with Gasteiger partial charge in [0, 0.05) is 43.6 Å². The highest BCUT2D eigenvalue weighted by atomic mass is 16.5. The first-order valence-electron chi connectivity index (χ1n) is 11.1. The van der Waals surface area contributed by atoms with Crippen LogP contribution < -0.4 is 10.1 Å². The second-order valence-corrected chi connectivity index (χ2v) is 8.61. The van der Waals surface area contributed by atoms with Crippen LogP contribution in [0, 0.1) is 11.8 Å². The van der Waals surface area contributed by atoms with Crippen molar-refractivity contribution in [3.63, 3.8) is 0 Å². The van der Waals surface area contributed by atoms with Gasteiger partial charge in [0.2, 0.25) is 0 Å². The van der Waals surface area contributed by atoms with E-state index >= 15 is 0 Å². The van der Waals surface area contributed by atoms with E-state index < -0.39 is 0 Å². The van der Waals surface area contributed by atoms with Gasteiger partial charge in [0.15, 0.2) is 0 Å². The minimum absolute atomic E-state index is 0.00791. The molecule has 3 fully saturated rings. The smallest absolute Gasteiger partial charge is 0.290 e. The largest absolute Gasteiger partial charge is 0.492 e. The van der Waals surface area contributed by atoms with Gasteiger partial charge in [-0.05, 0) is 37.1 Å². The average Bonchev–Trinajstić information content (AvgIpc) is 3.48. The van der Waals surface area contributed by atoms with Crippen LogP contribution >= 0.6 is 0 Å². The normalized spacial score (nSPS) is 27.8. The Hall–Kier alpha value is -2.90. The first kappa shape index (κ1) is 22.3. The zero-order valence-electron chi connectivity index (χ0n) is 18.1. The molecule has 1 spiro atoms. The highest BCUT2D eigenvalue weighted by molar-refractivity contribution is 5.94. The van der Waals surface area contributed by atoms with Gasteiger partial charge < -0.3 is 19.9 Å². The third-order valence-electron chi connectivity index (χ3n) is 6.81. The van der Waals surface area contributed by atoms with Gasteiger partial charge in [0.25, 0.3) is 12.4 Å². The molecule has 5 rings (SSSR count). The van der Waals surface area contributed by atoms with Crippen molar-refractivity contribution in [2.24, 2.45) is 11.8 Å². The van der Waals surface area contributed by atoms with Crippen molar-refractivity contribution in [1.29, 1.82) is 0 Å². The number of nitrogens with one attached hydrogen (secondary N) is 1. The Bertz CT molecular complexity index is 894. The topological polar surface area (TPSA) is 88.1 Å². The van der Waals surface area contributed by atoms with Crippen LogP contribution in [0.25, 0.3) is 0 Å². The molecule has 3 saturated heterocycles. The Morgan fingerprint density at radius 3 is 2.59 bits per heavy atom. The van der Waals surface area contributed by atoms with E-state index in [4.69, 9.17) is 19.4 Å². The lowest BCUT2D eigenvalue weighted by atomic mass is 9.73. The van der Waals surface area contributed by atoms with Crippen molar-refractivity contribution in [3.8, 4) is 5.75 Å². The number of likely N-dealkylation sites (tertiary alicyclic amines) is 1. The number of carbonyl (C=O) groups excluding carboxylic acids is 1. The zero-order valence-corrected chi connectivity index (χ0v) is 18.1. The molecule has 7 nitrogen and oxygen atoms in total. The lowest BCUT2D eigenvalue weighted by Gasteiger charge is -2.29. The van der Waals surface area contributed by atoms with Gasteiger partial charge in [-0.25, -0.2) is 0 Å². The molecular weight excluding hydrogens is 408 g/mol. The summed E-state index contributed by atoms with van der Waals surface area (Å²) in [5, 5.41) is 10.0. The maximum absolute atomic E-state index is 12.5. The van der Waals surface area contributed by atoms with Crippen molar-refractivity contribution in [1.82, 2.24) is 10.2 Å². The van der Waals surface area contributed by atoms with Gasteiger partial charge in [-0.3, -0.25) is 14.5 Å². The number of para-hydroxylation sites is 1. The molecule has 4 atom stereocenters. The van der Waals surface area contributed by atoms with Crippen LogP contribution in [0.3, 0.4) is 0 Å². The van der Waals surface area contributed by atoms with Gasteiger partial charge in [0.05, 0.1) is 11.7 Å². The first-order chi connectivity index (χ1) is 15.6. The zero-order chi connectivity index (χ0) is 22.4. The van der Waals surface area contributed by atoms with Crippen LogP contribution in [-0.4, -0.2) is 66.9 Å². The Labute approximate surface area is 188 Å². The van der Waals surface area contributed by atoms with E-state index in [1.807, 2.05) is 60.7 Å². The summed E-state index contributed by atoms with van der Waals surface area (Å²) in [5.74, 6) is 1.82. The quantitative estimate of drug-likeness (QED) is 0.647. The molecule has 2 aromatic rings. The van der Waals surface area contributed by atoms with E-state index in [1.165, 1.54) is 0 Å². The van der Waals surface area contributed by atoms with E-state index in [1.54, 1.807) is 0 Å². The monoisotopic (exact) mass is 438 g/mol. The van der Waals surface area contributed by atoms with Crippen LogP contribution in [0.5, 0.6) is 5.75 Å². The molecule has 0 saturated carbocycles. The molecule has 2 N–H and O–H groups in total. The van der Waals surface area contributed by atoms with Gasteiger partial charge in [-0.15, -0.1) is 0 Å². The minimum Gasteiger partial charge on any atom is -0.492 e. The number of nitrogens with zero attached hydrogens (tertiary/aromatic N) is 1. The molecule has 0 aliphatic carbocycles. The number of amides is 1. The fourth-order valence-electron chi connectivity index (χ4n) is 5.44. The lowest BCUT2D eigenvalue weighted by molar-refractivity contribution is -0.122. The number of carbonyl (C=O) groups is 2. The number of hydrogen-bond donors (Lipinski definition) is 2. The van der Waals surface area contributed by atoms with E-state index in [-0.39, 0.29) is 18.0 Å². The minimum atomic E-state index is -0.250. The number of ether oxygens (including phenoxy) is 2. The van der Waals surface area contributed by atoms with Crippen LogP contribution in [-0.2, 0) is 9.53 Å². The molecule has 1 amide bonds. The molecule has 32 heavy (non-hydrogen) atoms. The van der Waals surface area contributed by atoms with E-state index in [0.717, 1.165) is 43.8 Å². The molecule has 3 heterocycles. The molecule has 2 bridgehead atoms. The van der Waals surface area contributed by atoms with Crippen molar-refractivity contribution < 1.29 is 24.2 Å². The SMILES string of the molecule is O=C(NC[C@H]1[C@H]2CN(CCOc3ccccc3)C[C@]23CC[C@H]1O3)c1ccccc1.O=CO. The summed E-state index contributed by atoms with van der Waals surface area (Å²) in [5.41, 5.74) is 0.705. The van der Waals surface area contributed by atoms with E-state index in [9.17, 15) is 4.79 Å². The molecule has 7 heteroatoms. The molecule has 2 aromatic carbocycles. The highest BCUT2D eigenvalue weighted by Gasteiger charge is 2.62. The predicted molar refractivity (Wildman–Crippen MR) is 120 cm³/mol. The summed E-state index contributed by atoms with van der Waals surface area (Å²) in [6.45, 7) is 4.05. The predicted octanol–water partition coefficient (Wildman–Crippen LogP) is 2.68.